The summed E-state index contributed by atoms with van der Waals surface area (Å²) >= 11 is 0. The third-order valence-electron chi connectivity index (χ3n) is 3.14. The Labute approximate surface area is 67.2 Å². The Hall–Kier alpha value is -0.780. The molecule has 0 heterocycles. The molecule has 56 valence electrons. The summed E-state index contributed by atoms with van der Waals surface area (Å²) in [6, 6.07) is 4.68. The van der Waals surface area contributed by atoms with Crippen molar-refractivity contribution in [2.24, 2.45) is 0 Å². The zero-order chi connectivity index (χ0) is 7.26. The van der Waals surface area contributed by atoms with Crippen molar-refractivity contribution in [3.63, 3.8) is 0 Å². The summed E-state index contributed by atoms with van der Waals surface area (Å²) in [5.74, 6) is 0. The van der Waals surface area contributed by atoms with Gasteiger partial charge in [0.2, 0.25) is 0 Å². The van der Waals surface area contributed by atoms with Crippen molar-refractivity contribution in [3.05, 3.63) is 34.4 Å². The van der Waals surface area contributed by atoms with Gasteiger partial charge in [0, 0.05) is 0 Å². The number of fused-ring (bicyclic) bond motifs is 3. The largest absolute Gasteiger partial charge is 0.0585 e. The average Bonchev–Trinajstić information content (AvgIpc) is 2.34. The van der Waals surface area contributed by atoms with Crippen LogP contribution in [0.2, 0.25) is 0 Å². The Morgan fingerprint density at radius 2 is 1.45 bits per heavy atom. The summed E-state index contributed by atoms with van der Waals surface area (Å²) in [7, 11) is 0. The molecule has 11 heavy (non-hydrogen) atoms. The number of benzene rings is 1. The minimum atomic E-state index is 1.34. The maximum absolute atomic E-state index is 2.35. The van der Waals surface area contributed by atoms with Crippen LogP contribution in [0.5, 0.6) is 0 Å². The van der Waals surface area contributed by atoms with Gasteiger partial charge in [0.1, 0.15) is 0 Å². The van der Waals surface area contributed by atoms with E-state index < -0.39 is 0 Å². The predicted molar refractivity (Wildman–Crippen MR) is 45.9 cm³/mol. The fraction of sp³-hybridized carbons (Fsp3) is 0.455. The molecule has 0 fully saturated rings. The lowest BCUT2D eigenvalue weighted by atomic mass is 9.83. The molecule has 1 aromatic carbocycles. The highest BCUT2D eigenvalue weighted by molar-refractivity contribution is 5.48. The van der Waals surface area contributed by atoms with Crippen molar-refractivity contribution in [2.45, 2.75) is 32.1 Å². The molecule has 1 aromatic rings. The van der Waals surface area contributed by atoms with E-state index in [0.29, 0.717) is 0 Å². The van der Waals surface area contributed by atoms with Crippen molar-refractivity contribution < 1.29 is 0 Å². The fourth-order valence-electron chi connectivity index (χ4n) is 2.42. The van der Waals surface area contributed by atoms with Gasteiger partial charge in [-0.1, -0.05) is 12.1 Å². The van der Waals surface area contributed by atoms with E-state index in [0.717, 1.165) is 0 Å². The summed E-state index contributed by atoms with van der Waals surface area (Å²) < 4.78 is 0. The van der Waals surface area contributed by atoms with Crippen molar-refractivity contribution in [3.8, 4) is 0 Å². The average molecular weight is 144 g/mol. The number of aryl methyl sites for hydroxylation is 2. The van der Waals surface area contributed by atoms with E-state index >= 15 is 0 Å². The third kappa shape index (κ3) is 0.649. The van der Waals surface area contributed by atoms with E-state index in [-0.39, 0.29) is 0 Å². The quantitative estimate of drug-likeness (QED) is 0.524. The number of hydrogen-bond donors (Lipinski definition) is 0. The van der Waals surface area contributed by atoms with E-state index in [9.17, 15) is 0 Å². The summed E-state index contributed by atoms with van der Waals surface area (Å²) in [5.41, 5.74) is 6.70. The highest BCUT2D eigenvalue weighted by Gasteiger charge is 2.21. The van der Waals surface area contributed by atoms with Crippen molar-refractivity contribution in [1.29, 1.82) is 0 Å². The molecule has 2 aliphatic rings. The summed E-state index contributed by atoms with van der Waals surface area (Å²) in [6.45, 7) is 0. The van der Waals surface area contributed by atoms with Gasteiger partial charge < -0.3 is 0 Å². The molecule has 0 radical (unpaired) electrons. The van der Waals surface area contributed by atoms with E-state index in [1.54, 1.807) is 22.3 Å². The summed E-state index contributed by atoms with van der Waals surface area (Å²) in [4.78, 5) is 0. The molecule has 0 nitrogen and oxygen atoms in total. The smallest absolute Gasteiger partial charge is 0.0233 e. The molecule has 0 aliphatic heterocycles. The van der Waals surface area contributed by atoms with Crippen LogP contribution in [-0.2, 0) is 25.7 Å². The zero-order valence-corrected chi connectivity index (χ0v) is 6.69. The number of hydrogen-bond acceptors (Lipinski definition) is 0. The fourth-order valence-corrected chi connectivity index (χ4v) is 2.42. The molecule has 0 saturated heterocycles. The first-order valence-electron chi connectivity index (χ1n) is 4.57. The van der Waals surface area contributed by atoms with Gasteiger partial charge in [-0.2, -0.15) is 0 Å². The first-order valence-corrected chi connectivity index (χ1v) is 4.57. The monoisotopic (exact) mass is 144 g/mol. The van der Waals surface area contributed by atoms with Gasteiger partial charge in [-0.25, -0.2) is 0 Å². The van der Waals surface area contributed by atoms with Crippen LogP contribution in [0.1, 0.15) is 28.7 Å². The van der Waals surface area contributed by atoms with Gasteiger partial charge >= 0.3 is 0 Å². The molecule has 0 N–H and O–H groups in total. The molecule has 2 aliphatic carbocycles. The first kappa shape index (κ1) is 5.82. The van der Waals surface area contributed by atoms with Crippen molar-refractivity contribution >= 4 is 0 Å². The van der Waals surface area contributed by atoms with Crippen LogP contribution in [-0.4, -0.2) is 0 Å². The lowest BCUT2D eigenvalue weighted by Crippen LogP contribution is -2.11. The Morgan fingerprint density at radius 3 is 2.18 bits per heavy atom. The SMILES string of the molecule is c1cc2c(c3c1CCC3)CC2. The van der Waals surface area contributed by atoms with Crippen molar-refractivity contribution in [2.75, 3.05) is 0 Å². The Kier molecular flexibility index (Phi) is 0.993. The van der Waals surface area contributed by atoms with Crippen LogP contribution >= 0.6 is 0 Å². The molecule has 0 atom stereocenters. The molecule has 0 saturated carbocycles. The van der Waals surface area contributed by atoms with E-state index in [1.807, 2.05) is 0 Å². The third-order valence-corrected chi connectivity index (χ3v) is 3.14. The lowest BCUT2D eigenvalue weighted by Gasteiger charge is -2.22. The van der Waals surface area contributed by atoms with Crippen LogP contribution in [0.15, 0.2) is 12.1 Å². The summed E-state index contributed by atoms with van der Waals surface area (Å²) in [6.07, 6.45) is 6.79. The molecule has 0 bridgehead atoms. The lowest BCUT2D eigenvalue weighted by molar-refractivity contribution is 0.813. The van der Waals surface area contributed by atoms with Crippen molar-refractivity contribution in [1.82, 2.24) is 0 Å². The molecule has 3 rings (SSSR count). The van der Waals surface area contributed by atoms with Gasteiger partial charge in [0.05, 0.1) is 0 Å². The minimum absolute atomic E-state index is 1.34. The maximum atomic E-state index is 2.35. The highest BCUT2D eigenvalue weighted by atomic mass is 14.3. The van der Waals surface area contributed by atoms with Gasteiger partial charge in [0.25, 0.3) is 0 Å². The molecule has 0 unspecified atom stereocenters. The second-order valence-electron chi connectivity index (χ2n) is 3.69. The molecular weight excluding hydrogens is 132 g/mol. The highest BCUT2D eigenvalue weighted by Crippen LogP contribution is 2.33. The van der Waals surface area contributed by atoms with Gasteiger partial charge in [-0.3, -0.25) is 0 Å². The van der Waals surface area contributed by atoms with E-state index in [2.05, 4.69) is 12.1 Å². The van der Waals surface area contributed by atoms with Gasteiger partial charge in [-0.05, 0) is 54.4 Å². The van der Waals surface area contributed by atoms with Crippen LogP contribution in [0.3, 0.4) is 0 Å². The predicted octanol–water partition coefficient (Wildman–Crippen LogP) is 2.27. The standard InChI is InChI=1S/C11H12/c1-2-8-4-5-9-6-7-11(9)10(8)3-1/h4-5H,1-3,6-7H2. The molecule has 0 spiro atoms. The molecule has 0 amide bonds. The Morgan fingerprint density at radius 1 is 0.727 bits per heavy atom. The maximum Gasteiger partial charge on any atom is -0.0233 e. The molecular formula is C11H12. The first-order chi connectivity index (χ1) is 5.45. The topological polar surface area (TPSA) is 0 Å². The molecule has 0 heteroatoms. The van der Waals surface area contributed by atoms with E-state index in [1.165, 1.54) is 32.1 Å². The van der Waals surface area contributed by atoms with Crippen LogP contribution < -0.4 is 0 Å². The van der Waals surface area contributed by atoms with Gasteiger partial charge in [0.15, 0.2) is 0 Å². The van der Waals surface area contributed by atoms with Crippen LogP contribution in [0.4, 0.5) is 0 Å². The second kappa shape index (κ2) is 1.88. The number of rotatable bonds is 0. The summed E-state index contributed by atoms with van der Waals surface area (Å²) in [5, 5.41) is 0. The van der Waals surface area contributed by atoms with Crippen LogP contribution in [0.25, 0.3) is 0 Å². The zero-order valence-electron chi connectivity index (χ0n) is 6.69. The second-order valence-corrected chi connectivity index (χ2v) is 3.69. The Bertz CT molecular complexity index is 310. The normalized spacial score (nSPS) is 18.9. The minimum Gasteiger partial charge on any atom is -0.0585 e. The molecule has 0 aromatic heterocycles. The van der Waals surface area contributed by atoms with E-state index in [4.69, 9.17) is 0 Å². The Balaban J connectivity index is 2.28. The van der Waals surface area contributed by atoms with Crippen LogP contribution in [0, 0.1) is 0 Å². The van der Waals surface area contributed by atoms with Gasteiger partial charge in [-0.15, -0.1) is 0 Å².